The highest BCUT2D eigenvalue weighted by molar-refractivity contribution is 5.66. The normalized spacial score (nSPS) is 10.1. The van der Waals surface area contributed by atoms with E-state index < -0.39 is 5.97 Å². The fraction of sp³-hybridized carbons (Fsp3) is 0.500. The Hall–Kier alpha value is -1.38. The lowest BCUT2D eigenvalue weighted by molar-refractivity contribution is -0.137. The second-order valence-electron chi connectivity index (χ2n) is 3.63. The van der Waals surface area contributed by atoms with Gasteiger partial charge >= 0.3 is 5.97 Å². The van der Waals surface area contributed by atoms with Gasteiger partial charge in [0.05, 0.1) is 0 Å². The molecule has 0 saturated heterocycles. The van der Waals surface area contributed by atoms with E-state index in [1.807, 2.05) is 18.2 Å². The second-order valence-corrected chi connectivity index (χ2v) is 3.63. The Labute approximate surface area is 90.2 Å². The zero-order valence-corrected chi connectivity index (χ0v) is 8.85. The zero-order chi connectivity index (χ0) is 10.9. The lowest BCUT2D eigenvalue weighted by atomic mass is 10.1. The Morgan fingerprint density at radius 3 is 2.67 bits per heavy atom. The van der Waals surface area contributed by atoms with E-state index in [0.29, 0.717) is 6.42 Å². The average Bonchev–Trinajstić information content (AvgIpc) is 2.24. The van der Waals surface area contributed by atoms with Crippen LogP contribution in [0, 0.1) is 0 Å². The highest BCUT2D eigenvalue weighted by Crippen LogP contribution is 2.06. The summed E-state index contributed by atoms with van der Waals surface area (Å²) in [5.41, 5.74) is 1.12. The molecular weight excluding hydrogens is 190 g/mol. The minimum absolute atomic E-state index is 0.295. The van der Waals surface area contributed by atoms with Crippen LogP contribution in [-0.4, -0.2) is 16.1 Å². The molecule has 0 unspecified atom stereocenters. The van der Waals surface area contributed by atoms with Gasteiger partial charge < -0.3 is 5.11 Å². The van der Waals surface area contributed by atoms with E-state index in [-0.39, 0.29) is 0 Å². The molecule has 0 aromatic carbocycles. The predicted octanol–water partition coefficient (Wildman–Crippen LogP) is 2.66. The molecule has 0 amide bonds. The number of aromatic nitrogens is 1. The summed E-state index contributed by atoms with van der Waals surface area (Å²) in [6.45, 7) is 0. The van der Waals surface area contributed by atoms with Crippen LogP contribution in [0.4, 0.5) is 0 Å². The molecule has 3 nitrogen and oxygen atoms in total. The largest absolute Gasteiger partial charge is 0.481 e. The van der Waals surface area contributed by atoms with Crippen LogP contribution in [0.3, 0.4) is 0 Å². The Bertz CT molecular complexity index is 285. The summed E-state index contributed by atoms with van der Waals surface area (Å²) >= 11 is 0. The Balaban J connectivity index is 2.00. The van der Waals surface area contributed by atoms with Crippen molar-refractivity contribution in [1.29, 1.82) is 0 Å². The smallest absolute Gasteiger partial charge is 0.303 e. The first-order valence-corrected chi connectivity index (χ1v) is 5.41. The number of nitrogens with zero attached hydrogens (tertiary/aromatic N) is 1. The predicted molar refractivity (Wildman–Crippen MR) is 58.7 cm³/mol. The molecule has 0 fully saturated rings. The number of hydrogen-bond donors (Lipinski definition) is 1. The number of unbranched alkanes of at least 4 members (excludes halogenated alkanes) is 3. The lowest BCUT2D eigenvalue weighted by Gasteiger charge is -2.00. The van der Waals surface area contributed by atoms with E-state index in [9.17, 15) is 4.79 Å². The summed E-state index contributed by atoms with van der Waals surface area (Å²) in [6, 6.07) is 5.93. The molecule has 1 rings (SSSR count). The monoisotopic (exact) mass is 207 g/mol. The topological polar surface area (TPSA) is 50.2 Å². The summed E-state index contributed by atoms with van der Waals surface area (Å²) in [6.07, 6.45) is 7.06. The van der Waals surface area contributed by atoms with Crippen LogP contribution in [0.15, 0.2) is 24.4 Å². The number of carboxylic acid groups (broad SMARTS) is 1. The van der Waals surface area contributed by atoms with Crippen LogP contribution < -0.4 is 0 Å². The number of aryl methyl sites for hydroxylation is 1. The quantitative estimate of drug-likeness (QED) is 0.699. The molecule has 0 aliphatic heterocycles. The molecule has 15 heavy (non-hydrogen) atoms. The van der Waals surface area contributed by atoms with Crippen LogP contribution in [-0.2, 0) is 11.2 Å². The van der Waals surface area contributed by atoms with Crippen molar-refractivity contribution in [2.24, 2.45) is 0 Å². The first-order chi connectivity index (χ1) is 7.29. The fourth-order valence-corrected chi connectivity index (χ4v) is 1.48. The number of carboxylic acids is 1. The van der Waals surface area contributed by atoms with Gasteiger partial charge in [0, 0.05) is 18.3 Å². The second kappa shape index (κ2) is 6.98. The van der Waals surface area contributed by atoms with Gasteiger partial charge in [0.1, 0.15) is 0 Å². The molecule has 3 heteroatoms. The van der Waals surface area contributed by atoms with E-state index in [1.165, 1.54) is 0 Å². The van der Waals surface area contributed by atoms with Crippen molar-refractivity contribution in [3.63, 3.8) is 0 Å². The molecule has 0 aliphatic rings. The van der Waals surface area contributed by atoms with Gasteiger partial charge in [0.2, 0.25) is 0 Å². The Kier molecular flexibility index (Phi) is 5.44. The molecule has 0 atom stereocenters. The molecular formula is C12H17NO2. The van der Waals surface area contributed by atoms with Crippen molar-refractivity contribution < 1.29 is 9.90 Å². The molecule has 82 valence electrons. The van der Waals surface area contributed by atoms with Gasteiger partial charge in [-0.05, 0) is 31.4 Å². The van der Waals surface area contributed by atoms with Crippen molar-refractivity contribution in [2.45, 2.75) is 38.5 Å². The van der Waals surface area contributed by atoms with Gasteiger partial charge in [0.25, 0.3) is 0 Å². The van der Waals surface area contributed by atoms with Crippen molar-refractivity contribution in [3.05, 3.63) is 30.1 Å². The third kappa shape index (κ3) is 5.83. The highest BCUT2D eigenvalue weighted by atomic mass is 16.4. The first kappa shape index (κ1) is 11.7. The number of aliphatic carboxylic acids is 1. The maximum absolute atomic E-state index is 10.2. The van der Waals surface area contributed by atoms with Gasteiger partial charge in [-0.3, -0.25) is 9.78 Å². The number of hydrogen-bond acceptors (Lipinski definition) is 2. The van der Waals surface area contributed by atoms with Gasteiger partial charge in [-0.2, -0.15) is 0 Å². The third-order valence-corrected chi connectivity index (χ3v) is 2.30. The van der Waals surface area contributed by atoms with Gasteiger partial charge in [-0.1, -0.05) is 18.9 Å². The summed E-state index contributed by atoms with van der Waals surface area (Å²) < 4.78 is 0. The maximum atomic E-state index is 10.2. The average molecular weight is 207 g/mol. The van der Waals surface area contributed by atoms with Crippen LogP contribution in [0.1, 0.15) is 37.8 Å². The minimum Gasteiger partial charge on any atom is -0.481 e. The van der Waals surface area contributed by atoms with Gasteiger partial charge in [-0.25, -0.2) is 0 Å². The standard InChI is InChI=1S/C12H17NO2/c14-12(15)9-4-2-1-3-7-11-8-5-6-10-13-11/h5-6,8,10H,1-4,7,9H2,(H,14,15). The van der Waals surface area contributed by atoms with Crippen LogP contribution in [0.25, 0.3) is 0 Å². The van der Waals surface area contributed by atoms with Gasteiger partial charge in [0.15, 0.2) is 0 Å². The number of carbonyl (C=O) groups is 1. The first-order valence-electron chi connectivity index (χ1n) is 5.41. The van der Waals surface area contributed by atoms with E-state index >= 15 is 0 Å². The van der Waals surface area contributed by atoms with Crippen LogP contribution >= 0.6 is 0 Å². The van der Waals surface area contributed by atoms with Crippen molar-refractivity contribution >= 4 is 5.97 Å². The molecule has 1 N–H and O–H groups in total. The van der Waals surface area contributed by atoms with Crippen molar-refractivity contribution in [1.82, 2.24) is 4.98 Å². The van der Waals surface area contributed by atoms with Gasteiger partial charge in [-0.15, -0.1) is 0 Å². The van der Waals surface area contributed by atoms with Crippen LogP contribution in [0.2, 0.25) is 0 Å². The molecule has 0 aliphatic carbocycles. The van der Waals surface area contributed by atoms with Crippen LogP contribution in [0.5, 0.6) is 0 Å². The number of rotatable bonds is 7. The molecule has 1 aromatic heterocycles. The highest BCUT2D eigenvalue weighted by Gasteiger charge is 1.97. The van der Waals surface area contributed by atoms with E-state index in [2.05, 4.69) is 4.98 Å². The molecule has 1 aromatic rings. The van der Waals surface area contributed by atoms with E-state index in [1.54, 1.807) is 6.20 Å². The number of pyridine rings is 1. The summed E-state index contributed by atoms with van der Waals surface area (Å²) in [5.74, 6) is -0.695. The summed E-state index contributed by atoms with van der Waals surface area (Å²) in [5, 5.41) is 8.44. The molecule has 0 radical (unpaired) electrons. The molecule has 0 spiro atoms. The molecule has 0 saturated carbocycles. The van der Waals surface area contributed by atoms with E-state index in [4.69, 9.17) is 5.11 Å². The van der Waals surface area contributed by atoms with Crippen molar-refractivity contribution in [2.75, 3.05) is 0 Å². The lowest BCUT2D eigenvalue weighted by Crippen LogP contribution is -1.94. The van der Waals surface area contributed by atoms with E-state index in [0.717, 1.165) is 37.8 Å². The molecule has 1 heterocycles. The minimum atomic E-state index is -0.695. The SMILES string of the molecule is O=C(O)CCCCCCc1ccccn1. The summed E-state index contributed by atoms with van der Waals surface area (Å²) in [7, 11) is 0. The maximum Gasteiger partial charge on any atom is 0.303 e. The molecule has 0 bridgehead atoms. The zero-order valence-electron chi connectivity index (χ0n) is 8.85. The fourth-order valence-electron chi connectivity index (χ4n) is 1.48. The summed E-state index contributed by atoms with van der Waals surface area (Å²) in [4.78, 5) is 14.5. The van der Waals surface area contributed by atoms with Crippen molar-refractivity contribution in [3.8, 4) is 0 Å². The third-order valence-electron chi connectivity index (χ3n) is 2.30. The Morgan fingerprint density at radius 1 is 1.20 bits per heavy atom. The Morgan fingerprint density at radius 2 is 2.00 bits per heavy atom.